The van der Waals surface area contributed by atoms with Crippen LogP contribution in [-0.4, -0.2) is 9.97 Å². The Hall–Kier alpha value is -3.87. The van der Waals surface area contributed by atoms with Crippen LogP contribution in [0.1, 0.15) is 11.1 Å². The lowest BCUT2D eigenvalue weighted by molar-refractivity contribution is -0.137. The summed E-state index contributed by atoms with van der Waals surface area (Å²) in [7, 11) is 0. The molecule has 31 heavy (non-hydrogen) atoms. The lowest BCUT2D eigenvalue weighted by Gasteiger charge is -2.13. The largest absolute Gasteiger partial charge is 0.416 e. The maximum Gasteiger partial charge on any atom is 0.416 e. The molecule has 0 bridgehead atoms. The summed E-state index contributed by atoms with van der Waals surface area (Å²) in [4.78, 5) is 8.56. The standard InChI is InChI=1S/C24H19F3N4/c1-16-6-10-18(11-7-16)30-21-5-3-2-4-20(21)22-14-23(29-15-28-22)31-19-12-8-17(9-13-19)24(25,26)27/h2-15,30H,1H3,(H,28,29,31). The van der Waals surface area contributed by atoms with Gasteiger partial charge in [-0.25, -0.2) is 9.97 Å². The third kappa shape index (κ3) is 5.01. The predicted molar refractivity (Wildman–Crippen MR) is 117 cm³/mol. The molecule has 0 spiro atoms. The molecular formula is C24H19F3N4. The van der Waals surface area contributed by atoms with E-state index in [-0.39, 0.29) is 0 Å². The number of alkyl halides is 3. The van der Waals surface area contributed by atoms with Crippen LogP contribution in [0.3, 0.4) is 0 Å². The fourth-order valence-electron chi connectivity index (χ4n) is 3.07. The van der Waals surface area contributed by atoms with Crippen LogP contribution in [-0.2, 0) is 6.18 Å². The number of benzene rings is 3. The van der Waals surface area contributed by atoms with Gasteiger partial charge < -0.3 is 10.6 Å². The van der Waals surface area contributed by atoms with Crippen molar-refractivity contribution in [3.63, 3.8) is 0 Å². The highest BCUT2D eigenvalue weighted by atomic mass is 19.4. The molecule has 0 aliphatic heterocycles. The summed E-state index contributed by atoms with van der Waals surface area (Å²) in [6, 6.07) is 22.4. The Morgan fingerprint density at radius 1 is 0.742 bits per heavy atom. The van der Waals surface area contributed by atoms with Crippen molar-refractivity contribution in [1.82, 2.24) is 9.97 Å². The number of hydrogen-bond donors (Lipinski definition) is 2. The molecule has 0 radical (unpaired) electrons. The zero-order chi connectivity index (χ0) is 21.8. The number of halogens is 3. The van der Waals surface area contributed by atoms with Crippen molar-refractivity contribution < 1.29 is 13.2 Å². The van der Waals surface area contributed by atoms with Crippen molar-refractivity contribution in [3.8, 4) is 11.3 Å². The van der Waals surface area contributed by atoms with Gasteiger partial charge in [-0.05, 0) is 49.4 Å². The summed E-state index contributed by atoms with van der Waals surface area (Å²) in [5.74, 6) is 0.481. The van der Waals surface area contributed by atoms with E-state index >= 15 is 0 Å². The average molecular weight is 420 g/mol. The van der Waals surface area contributed by atoms with Gasteiger partial charge in [-0.1, -0.05) is 35.9 Å². The van der Waals surface area contributed by atoms with E-state index in [2.05, 4.69) is 20.6 Å². The molecule has 1 heterocycles. The van der Waals surface area contributed by atoms with Crippen molar-refractivity contribution in [1.29, 1.82) is 0 Å². The fourth-order valence-corrected chi connectivity index (χ4v) is 3.07. The van der Waals surface area contributed by atoms with Gasteiger partial charge in [0, 0.05) is 28.7 Å². The normalized spacial score (nSPS) is 11.2. The zero-order valence-electron chi connectivity index (χ0n) is 16.6. The molecule has 2 N–H and O–H groups in total. The maximum atomic E-state index is 12.8. The third-order valence-corrected chi connectivity index (χ3v) is 4.69. The first-order chi connectivity index (χ1) is 14.9. The lowest BCUT2D eigenvalue weighted by Crippen LogP contribution is -2.04. The van der Waals surface area contributed by atoms with E-state index in [0.29, 0.717) is 17.2 Å². The second-order valence-electron chi connectivity index (χ2n) is 7.03. The van der Waals surface area contributed by atoms with Gasteiger partial charge in [0.05, 0.1) is 11.3 Å². The van der Waals surface area contributed by atoms with Crippen molar-refractivity contribution in [2.24, 2.45) is 0 Å². The van der Waals surface area contributed by atoms with Gasteiger partial charge in [-0.2, -0.15) is 13.2 Å². The van der Waals surface area contributed by atoms with Crippen LogP contribution in [0.5, 0.6) is 0 Å². The Balaban J connectivity index is 1.58. The van der Waals surface area contributed by atoms with E-state index in [9.17, 15) is 13.2 Å². The van der Waals surface area contributed by atoms with E-state index in [1.165, 1.54) is 24.0 Å². The summed E-state index contributed by atoms with van der Waals surface area (Å²) in [6.07, 6.45) is -2.95. The molecule has 4 rings (SSSR count). The van der Waals surface area contributed by atoms with E-state index in [1.54, 1.807) is 6.07 Å². The summed E-state index contributed by atoms with van der Waals surface area (Å²) >= 11 is 0. The Bertz CT molecular complexity index is 1170. The number of para-hydroxylation sites is 1. The number of aryl methyl sites for hydroxylation is 1. The first-order valence-corrected chi connectivity index (χ1v) is 9.58. The van der Waals surface area contributed by atoms with Gasteiger partial charge in [0.2, 0.25) is 0 Å². The van der Waals surface area contributed by atoms with Crippen LogP contribution < -0.4 is 10.6 Å². The molecule has 4 nitrogen and oxygen atoms in total. The first kappa shape index (κ1) is 20.4. The highest BCUT2D eigenvalue weighted by Gasteiger charge is 2.29. The van der Waals surface area contributed by atoms with Gasteiger partial charge in [0.15, 0.2) is 0 Å². The predicted octanol–water partition coefficient (Wildman–Crippen LogP) is 6.96. The number of hydrogen-bond acceptors (Lipinski definition) is 4. The Labute approximate surface area is 177 Å². The molecule has 4 aromatic rings. The van der Waals surface area contributed by atoms with Gasteiger partial charge in [-0.15, -0.1) is 0 Å². The van der Waals surface area contributed by atoms with Crippen LogP contribution in [0.4, 0.5) is 36.1 Å². The van der Waals surface area contributed by atoms with Gasteiger partial charge in [0.25, 0.3) is 0 Å². The molecule has 156 valence electrons. The molecular weight excluding hydrogens is 401 g/mol. The lowest BCUT2D eigenvalue weighted by atomic mass is 10.1. The van der Waals surface area contributed by atoms with Gasteiger partial charge in [-0.3, -0.25) is 0 Å². The monoisotopic (exact) mass is 420 g/mol. The molecule has 3 aromatic carbocycles. The van der Waals surface area contributed by atoms with Crippen molar-refractivity contribution >= 4 is 22.9 Å². The van der Waals surface area contributed by atoms with Crippen LogP contribution in [0.15, 0.2) is 85.2 Å². The Kier molecular flexibility index (Phi) is 5.58. The van der Waals surface area contributed by atoms with Crippen molar-refractivity contribution in [2.75, 3.05) is 10.6 Å². The van der Waals surface area contributed by atoms with E-state index < -0.39 is 11.7 Å². The minimum absolute atomic E-state index is 0.481. The molecule has 1 aromatic heterocycles. The molecule has 0 fully saturated rings. The Morgan fingerprint density at radius 2 is 1.39 bits per heavy atom. The molecule has 0 aliphatic rings. The van der Waals surface area contributed by atoms with Gasteiger partial charge >= 0.3 is 6.18 Å². The summed E-state index contributed by atoms with van der Waals surface area (Å²) in [5, 5.41) is 6.43. The molecule has 0 saturated heterocycles. The van der Waals surface area contributed by atoms with Crippen molar-refractivity contribution in [2.45, 2.75) is 13.1 Å². The van der Waals surface area contributed by atoms with E-state index in [1.807, 2.05) is 55.5 Å². The number of nitrogens with zero attached hydrogens (tertiary/aromatic N) is 2. The topological polar surface area (TPSA) is 49.8 Å². The highest BCUT2D eigenvalue weighted by Crippen LogP contribution is 2.32. The number of rotatable bonds is 5. The summed E-state index contributed by atoms with van der Waals surface area (Å²) in [6.45, 7) is 2.03. The SMILES string of the molecule is Cc1ccc(Nc2ccccc2-c2cc(Nc3ccc(C(F)(F)F)cc3)ncn2)cc1. The third-order valence-electron chi connectivity index (χ3n) is 4.69. The van der Waals surface area contributed by atoms with Crippen LogP contribution >= 0.6 is 0 Å². The summed E-state index contributed by atoms with van der Waals surface area (Å²) in [5.41, 5.74) is 4.37. The van der Waals surface area contributed by atoms with Crippen LogP contribution in [0, 0.1) is 6.92 Å². The minimum Gasteiger partial charge on any atom is -0.355 e. The minimum atomic E-state index is -4.37. The molecule has 0 aliphatic carbocycles. The number of anilines is 4. The number of aromatic nitrogens is 2. The fraction of sp³-hybridized carbons (Fsp3) is 0.0833. The molecule has 0 amide bonds. The average Bonchev–Trinajstić information content (AvgIpc) is 2.76. The molecule has 0 atom stereocenters. The van der Waals surface area contributed by atoms with Crippen LogP contribution in [0.2, 0.25) is 0 Å². The first-order valence-electron chi connectivity index (χ1n) is 9.58. The molecule has 0 unspecified atom stereocenters. The van der Waals surface area contributed by atoms with E-state index in [4.69, 9.17) is 0 Å². The van der Waals surface area contributed by atoms with Gasteiger partial charge in [0.1, 0.15) is 12.1 Å². The molecule has 7 heteroatoms. The molecule has 0 saturated carbocycles. The maximum absolute atomic E-state index is 12.8. The van der Waals surface area contributed by atoms with Crippen LogP contribution in [0.25, 0.3) is 11.3 Å². The zero-order valence-corrected chi connectivity index (χ0v) is 16.6. The van der Waals surface area contributed by atoms with Crippen molar-refractivity contribution in [3.05, 3.63) is 96.3 Å². The smallest absolute Gasteiger partial charge is 0.355 e. The highest BCUT2D eigenvalue weighted by molar-refractivity contribution is 5.80. The quantitative estimate of drug-likeness (QED) is 0.366. The second kappa shape index (κ2) is 8.47. The second-order valence-corrected chi connectivity index (χ2v) is 7.03. The Morgan fingerprint density at radius 3 is 2.10 bits per heavy atom. The number of nitrogens with one attached hydrogen (secondary N) is 2. The van der Waals surface area contributed by atoms with E-state index in [0.717, 1.165) is 29.1 Å². The summed E-state index contributed by atoms with van der Waals surface area (Å²) < 4.78 is 38.3.